The highest BCUT2D eigenvalue weighted by atomic mass is 16.3. The summed E-state index contributed by atoms with van der Waals surface area (Å²) in [6.45, 7) is 3.82. The second kappa shape index (κ2) is 17.6. The predicted octanol–water partition coefficient (Wildman–Crippen LogP) is 2.33. The second-order valence-corrected chi connectivity index (χ2v) is 14.1. The molecule has 4 heterocycles. The zero-order valence-electron chi connectivity index (χ0n) is 31.1. The molecule has 16 heteroatoms. The van der Waals surface area contributed by atoms with Crippen LogP contribution in [0.2, 0.25) is 0 Å². The van der Waals surface area contributed by atoms with Gasteiger partial charge in [-0.15, -0.1) is 0 Å². The molecule has 292 valence electrons. The first kappa shape index (κ1) is 38.2. The molecule has 1 saturated heterocycles. The van der Waals surface area contributed by atoms with Gasteiger partial charge in [-0.1, -0.05) is 73.7 Å². The van der Waals surface area contributed by atoms with Crippen LogP contribution in [-0.2, 0) is 4.79 Å². The maximum Gasteiger partial charge on any atom is 0.315 e. The fourth-order valence-electron chi connectivity index (χ4n) is 7.41. The summed E-state index contributed by atoms with van der Waals surface area (Å²) in [5.74, 6) is 0.149. The SMILES string of the molecule is CCC(=O)N[C@H]1CC(n2cnc3c(NCC(c4ccccc4)c4ccccc4)nc(C(=O)NCCNC(=O)NC4CCN(c5ccccn5)C4)nc32)[C@H](O)[C@@H]1O. The predicted molar refractivity (Wildman–Crippen MR) is 210 cm³/mol. The van der Waals surface area contributed by atoms with E-state index in [2.05, 4.69) is 75.7 Å². The summed E-state index contributed by atoms with van der Waals surface area (Å²) in [6.07, 6.45) is 2.03. The third-order valence-corrected chi connectivity index (χ3v) is 10.4. The molecule has 5 aromatic rings. The van der Waals surface area contributed by atoms with Crippen LogP contribution in [0.25, 0.3) is 11.2 Å². The van der Waals surface area contributed by atoms with Gasteiger partial charge < -0.3 is 46.3 Å². The van der Waals surface area contributed by atoms with Crippen LogP contribution in [0.4, 0.5) is 16.4 Å². The van der Waals surface area contributed by atoms with Crippen LogP contribution in [0.1, 0.15) is 59.9 Å². The van der Waals surface area contributed by atoms with Gasteiger partial charge in [0.1, 0.15) is 23.5 Å². The van der Waals surface area contributed by atoms with E-state index in [9.17, 15) is 24.6 Å². The van der Waals surface area contributed by atoms with Crippen molar-refractivity contribution >= 4 is 40.6 Å². The van der Waals surface area contributed by atoms with E-state index in [1.165, 1.54) is 6.33 Å². The molecule has 2 fully saturated rings. The number of aliphatic hydroxyl groups excluding tert-OH is 2. The monoisotopic (exact) mass is 761 g/mol. The third-order valence-electron chi connectivity index (χ3n) is 10.4. The Bertz CT molecular complexity index is 2060. The number of aromatic nitrogens is 5. The summed E-state index contributed by atoms with van der Waals surface area (Å²) in [7, 11) is 0. The van der Waals surface area contributed by atoms with Crippen molar-refractivity contribution < 1.29 is 24.6 Å². The minimum Gasteiger partial charge on any atom is -0.388 e. The Morgan fingerprint density at radius 1 is 0.857 bits per heavy atom. The number of rotatable bonds is 14. The summed E-state index contributed by atoms with van der Waals surface area (Å²) in [4.78, 5) is 58.8. The minimum atomic E-state index is -1.24. The lowest BCUT2D eigenvalue weighted by Crippen LogP contribution is -2.45. The number of benzene rings is 2. The number of aliphatic hydroxyl groups is 2. The standard InChI is InChI=1S/C40H47N11O5/c1-2-32(52)47-29-21-30(35(54)34(29)53)51-24-45-33-36(44-22-28(25-11-5-3-6-12-25)26-13-7-4-8-14-26)48-37(49-38(33)51)39(55)42-18-19-43-40(56)46-27-16-20-50(23-27)31-15-9-10-17-41-31/h3-15,17,24,27-30,34-35,53-54H,2,16,18-23H2,1H3,(H,42,55)(H,47,52)(H2,43,46,56)(H,44,48,49)/t27?,29-,30?,34+,35-/m0/s1. The van der Waals surface area contributed by atoms with Crippen molar-refractivity contribution in [3.8, 4) is 0 Å². The van der Waals surface area contributed by atoms with E-state index in [0.717, 1.165) is 29.9 Å². The number of imidazole rings is 1. The molecule has 1 saturated carbocycles. The average molecular weight is 762 g/mol. The second-order valence-electron chi connectivity index (χ2n) is 14.1. The Labute approximate surface area is 324 Å². The van der Waals surface area contributed by atoms with E-state index in [4.69, 9.17) is 0 Å². The van der Waals surface area contributed by atoms with Gasteiger partial charge in [0.25, 0.3) is 5.91 Å². The number of carbonyl (C=O) groups excluding carboxylic acids is 3. The van der Waals surface area contributed by atoms with Crippen LogP contribution in [0.15, 0.2) is 91.4 Å². The Morgan fingerprint density at radius 2 is 1.57 bits per heavy atom. The molecule has 1 aliphatic heterocycles. The van der Waals surface area contributed by atoms with Gasteiger partial charge in [-0.2, -0.15) is 0 Å². The average Bonchev–Trinajstić information content (AvgIpc) is 3.95. The molecule has 2 aliphatic rings. The fraction of sp³-hybridized carbons (Fsp3) is 0.375. The lowest BCUT2D eigenvalue weighted by molar-refractivity contribution is -0.122. The van der Waals surface area contributed by atoms with E-state index in [1.807, 2.05) is 54.6 Å². The van der Waals surface area contributed by atoms with Gasteiger partial charge in [0, 0.05) is 57.3 Å². The largest absolute Gasteiger partial charge is 0.388 e. The lowest BCUT2D eigenvalue weighted by Gasteiger charge is -2.20. The first-order valence-corrected chi connectivity index (χ1v) is 19.0. The van der Waals surface area contributed by atoms with Crippen molar-refractivity contribution in [1.82, 2.24) is 45.8 Å². The number of hydrogen-bond acceptors (Lipinski definition) is 11. The highest BCUT2D eigenvalue weighted by Gasteiger charge is 2.44. The van der Waals surface area contributed by atoms with E-state index < -0.39 is 30.2 Å². The van der Waals surface area contributed by atoms with Gasteiger partial charge in [0.05, 0.1) is 18.4 Å². The molecule has 3 aromatic heterocycles. The first-order valence-electron chi connectivity index (χ1n) is 19.0. The lowest BCUT2D eigenvalue weighted by atomic mass is 9.91. The number of hydrogen-bond donors (Lipinski definition) is 7. The maximum atomic E-state index is 13.6. The van der Waals surface area contributed by atoms with Gasteiger partial charge in [0.15, 0.2) is 11.5 Å². The number of pyridine rings is 1. The van der Waals surface area contributed by atoms with Crippen LogP contribution in [0.5, 0.6) is 0 Å². The van der Waals surface area contributed by atoms with Crippen molar-refractivity contribution in [2.75, 3.05) is 42.9 Å². The normalized spacial score (nSPS) is 20.6. The zero-order chi connectivity index (χ0) is 39.0. The minimum absolute atomic E-state index is 0.0384. The van der Waals surface area contributed by atoms with Crippen LogP contribution >= 0.6 is 0 Å². The van der Waals surface area contributed by atoms with E-state index in [0.29, 0.717) is 24.4 Å². The Kier molecular flexibility index (Phi) is 12.0. The molecule has 0 spiro atoms. The molecule has 7 rings (SSSR count). The summed E-state index contributed by atoms with van der Waals surface area (Å²) in [5.41, 5.74) is 2.81. The highest BCUT2D eigenvalue weighted by molar-refractivity contribution is 5.94. The number of nitrogens with one attached hydrogen (secondary N) is 5. The molecule has 7 N–H and O–H groups in total. The van der Waals surface area contributed by atoms with Crippen molar-refractivity contribution in [2.45, 2.75) is 62.4 Å². The molecule has 56 heavy (non-hydrogen) atoms. The summed E-state index contributed by atoms with van der Waals surface area (Å²) >= 11 is 0. The highest BCUT2D eigenvalue weighted by Crippen LogP contribution is 2.34. The Balaban J connectivity index is 1.07. The summed E-state index contributed by atoms with van der Waals surface area (Å²) in [5, 5.41) is 36.8. The van der Waals surface area contributed by atoms with Crippen LogP contribution in [0, 0.1) is 0 Å². The number of anilines is 2. The molecule has 4 amide bonds. The summed E-state index contributed by atoms with van der Waals surface area (Å²) < 4.78 is 1.63. The van der Waals surface area contributed by atoms with E-state index in [-0.39, 0.29) is 61.3 Å². The molecule has 5 atom stereocenters. The molecule has 2 unspecified atom stereocenters. The fourth-order valence-corrected chi connectivity index (χ4v) is 7.41. The van der Waals surface area contributed by atoms with Crippen LogP contribution < -0.4 is 31.5 Å². The van der Waals surface area contributed by atoms with Gasteiger partial charge in [0.2, 0.25) is 11.7 Å². The first-order chi connectivity index (χ1) is 27.3. The van der Waals surface area contributed by atoms with Gasteiger partial charge >= 0.3 is 6.03 Å². The molecular formula is C40H47N11O5. The summed E-state index contributed by atoms with van der Waals surface area (Å²) in [6, 6.07) is 24.1. The maximum absolute atomic E-state index is 13.6. The van der Waals surface area contributed by atoms with Gasteiger partial charge in [-0.25, -0.2) is 24.7 Å². The quantitative estimate of drug-likeness (QED) is 0.0817. The third kappa shape index (κ3) is 8.71. The van der Waals surface area contributed by atoms with E-state index in [1.54, 1.807) is 17.7 Å². The molecule has 0 bridgehead atoms. The van der Waals surface area contributed by atoms with Gasteiger partial charge in [-0.3, -0.25) is 9.59 Å². The molecule has 2 aromatic carbocycles. The molecule has 0 radical (unpaired) electrons. The number of amides is 4. The Morgan fingerprint density at radius 3 is 2.27 bits per heavy atom. The van der Waals surface area contributed by atoms with E-state index >= 15 is 0 Å². The zero-order valence-corrected chi connectivity index (χ0v) is 31.1. The van der Waals surface area contributed by atoms with Crippen molar-refractivity contribution in [2.24, 2.45) is 0 Å². The topological polar surface area (TPSA) is 212 Å². The van der Waals surface area contributed by atoms with Crippen molar-refractivity contribution in [3.63, 3.8) is 0 Å². The van der Waals surface area contributed by atoms with Crippen molar-refractivity contribution in [1.29, 1.82) is 0 Å². The van der Waals surface area contributed by atoms with Crippen molar-refractivity contribution in [3.05, 3.63) is 108 Å². The smallest absolute Gasteiger partial charge is 0.315 e. The Hall–Kier alpha value is -6.13. The van der Waals surface area contributed by atoms with Gasteiger partial charge in [-0.05, 0) is 36.1 Å². The molecular weight excluding hydrogens is 715 g/mol. The number of nitrogens with zero attached hydrogens (tertiary/aromatic N) is 6. The molecule has 16 nitrogen and oxygen atoms in total. The number of fused-ring (bicyclic) bond motifs is 1. The number of carbonyl (C=O) groups is 3. The molecule has 1 aliphatic carbocycles. The van der Waals surface area contributed by atoms with Crippen LogP contribution in [0.3, 0.4) is 0 Å². The van der Waals surface area contributed by atoms with Crippen LogP contribution in [-0.4, -0.2) is 110 Å². The number of urea groups is 1.